The molecule has 1 aromatic heterocycles. The summed E-state index contributed by atoms with van der Waals surface area (Å²) < 4.78 is 39.5. The molecule has 0 amide bonds. The first-order valence-corrected chi connectivity index (χ1v) is 6.17. The van der Waals surface area contributed by atoms with E-state index in [9.17, 15) is 8.78 Å². The minimum absolute atomic E-state index is 0.00713. The Morgan fingerprint density at radius 1 is 1.20 bits per heavy atom. The summed E-state index contributed by atoms with van der Waals surface area (Å²) in [5, 5.41) is 0. The lowest BCUT2D eigenvalue weighted by atomic mass is 10.2. The summed E-state index contributed by atoms with van der Waals surface area (Å²) in [6.45, 7) is 0. The van der Waals surface area contributed by atoms with Crippen molar-refractivity contribution in [1.29, 1.82) is 0 Å². The molecule has 0 unspecified atom stereocenters. The molecule has 1 aliphatic heterocycles. The SMILES string of the molecule is FC1(F)Oc2ccc(C=Cc3nc(CCl)co3)cc2O1. The summed E-state index contributed by atoms with van der Waals surface area (Å²) >= 11 is 5.60. The van der Waals surface area contributed by atoms with E-state index in [1.165, 1.54) is 18.4 Å². The normalized spacial score (nSPS) is 15.9. The molecule has 3 rings (SSSR count). The highest BCUT2D eigenvalue weighted by molar-refractivity contribution is 6.16. The second-order valence-electron chi connectivity index (χ2n) is 4.02. The number of alkyl halides is 3. The largest absolute Gasteiger partial charge is 0.586 e. The topological polar surface area (TPSA) is 44.5 Å². The number of fused-ring (bicyclic) bond motifs is 1. The van der Waals surface area contributed by atoms with Crippen molar-refractivity contribution in [3.63, 3.8) is 0 Å². The molecule has 0 saturated carbocycles. The lowest BCUT2D eigenvalue weighted by molar-refractivity contribution is -0.286. The predicted octanol–water partition coefficient (Wildman–Crippen LogP) is 3.91. The monoisotopic (exact) mass is 299 g/mol. The molecule has 0 atom stereocenters. The van der Waals surface area contributed by atoms with E-state index in [2.05, 4.69) is 14.5 Å². The first-order valence-electron chi connectivity index (χ1n) is 5.64. The van der Waals surface area contributed by atoms with Crippen LogP contribution in [0.3, 0.4) is 0 Å². The van der Waals surface area contributed by atoms with Gasteiger partial charge in [0, 0.05) is 6.08 Å². The van der Waals surface area contributed by atoms with Crippen LogP contribution < -0.4 is 9.47 Å². The average molecular weight is 300 g/mol. The van der Waals surface area contributed by atoms with Crippen LogP contribution in [-0.2, 0) is 5.88 Å². The second kappa shape index (κ2) is 4.79. The average Bonchev–Trinajstić information content (AvgIpc) is 2.97. The molecule has 0 bridgehead atoms. The van der Waals surface area contributed by atoms with Crippen molar-refractivity contribution in [3.05, 3.63) is 41.6 Å². The lowest BCUT2D eigenvalue weighted by Crippen LogP contribution is -2.25. The van der Waals surface area contributed by atoms with Crippen LogP contribution in [0.4, 0.5) is 8.78 Å². The number of hydrogen-bond acceptors (Lipinski definition) is 4. The fraction of sp³-hybridized carbons (Fsp3) is 0.154. The summed E-state index contributed by atoms with van der Waals surface area (Å²) in [7, 11) is 0. The van der Waals surface area contributed by atoms with Crippen LogP contribution in [0.25, 0.3) is 12.2 Å². The summed E-state index contributed by atoms with van der Waals surface area (Å²) in [5.41, 5.74) is 1.27. The van der Waals surface area contributed by atoms with Gasteiger partial charge in [0.15, 0.2) is 11.5 Å². The fourth-order valence-electron chi connectivity index (χ4n) is 1.70. The standard InChI is InChI=1S/C13H8ClF2NO3/c14-6-9-7-18-12(17-9)4-2-8-1-3-10-11(5-8)20-13(15,16)19-10/h1-5,7H,6H2. The third-order valence-corrected chi connectivity index (χ3v) is 2.82. The van der Waals surface area contributed by atoms with Crippen molar-refractivity contribution in [2.24, 2.45) is 0 Å². The van der Waals surface area contributed by atoms with E-state index in [-0.39, 0.29) is 17.4 Å². The van der Waals surface area contributed by atoms with E-state index in [0.29, 0.717) is 17.1 Å². The van der Waals surface area contributed by atoms with Gasteiger partial charge in [-0.15, -0.1) is 20.4 Å². The van der Waals surface area contributed by atoms with Crippen molar-refractivity contribution in [1.82, 2.24) is 4.98 Å². The minimum atomic E-state index is -3.61. The lowest BCUT2D eigenvalue weighted by Gasteiger charge is -2.04. The number of rotatable bonds is 3. The van der Waals surface area contributed by atoms with Gasteiger partial charge in [0.2, 0.25) is 5.89 Å². The molecule has 1 aromatic carbocycles. The predicted molar refractivity (Wildman–Crippen MR) is 67.6 cm³/mol. The van der Waals surface area contributed by atoms with Crippen LogP contribution in [0.2, 0.25) is 0 Å². The molecule has 0 aliphatic carbocycles. The number of aromatic nitrogens is 1. The third kappa shape index (κ3) is 2.60. The van der Waals surface area contributed by atoms with Gasteiger partial charge in [0.1, 0.15) is 6.26 Å². The molecule has 0 saturated heterocycles. The van der Waals surface area contributed by atoms with E-state index in [1.807, 2.05) is 0 Å². The van der Waals surface area contributed by atoms with E-state index in [1.54, 1.807) is 18.2 Å². The Bertz CT molecular complexity index is 669. The van der Waals surface area contributed by atoms with E-state index in [0.717, 1.165) is 0 Å². The molecule has 7 heteroatoms. The number of benzene rings is 1. The Balaban J connectivity index is 1.79. The zero-order chi connectivity index (χ0) is 14.2. The smallest absolute Gasteiger partial charge is 0.445 e. The molecular weight excluding hydrogens is 292 g/mol. The molecule has 2 aromatic rings. The summed E-state index contributed by atoms with van der Waals surface area (Å²) in [4.78, 5) is 4.08. The molecule has 0 spiro atoms. The zero-order valence-electron chi connectivity index (χ0n) is 9.98. The van der Waals surface area contributed by atoms with Gasteiger partial charge in [-0.05, 0) is 23.8 Å². The van der Waals surface area contributed by atoms with Gasteiger partial charge >= 0.3 is 6.29 Å². The summed E-state index contributed by atoms with van der Waals surface area (Å²) in [6.07, 6.45) is 1.10. The van der Waals surface area contributed by atoms with Crippen molar-refractivity contribution < 1.29 is 22.7 Å². The molecule has 20 heavy (non-hydrogen) atoms. The number of ether oxygens (including phenoxy) is 2. The van der Waals surface area contributed by atoms with Crippen LogP contribution >= 0.6 is 11.6 Å². The van der Waals surface area contributed by atoms with Gasteiger partial charge in [-0.2, -0.15) is 0 Å². The van der Waals surface area contributed by atoms with Crippen LogP contribution in [0.15, 0.2) is 28.9 Å². The Morgan fingerprint density at radius 3 is 2.75 bits per heavy atom. The minimum Gasteiger partial charge on any atom is -0.445 e. The van der Waals surface area contributed by atoms with Crippen molar-refractivity contribution >= 4 is 23.8 Å². The third-order valence-electron chi connectivity index (χ3n) is 2.55. The van der Waals surface area contributed by atoms with Crippen molar-refractivity contribution in [2.75, 3.05) is 0 Å². The van der Waals surface area contributed by atoms with Crippen molar-refractivity contribution in [3.8, 4) is 11.5 Å². The molecule has 0 N–H and O–H groups in total. The molecule has 0 radical (unpaired) electrons. The molecule has 4 nitrogen and oxygen atoms in total. The Morgan fingerprint density at radius 2 is 2.00 bits per heavy atom. The van der Waals surface area contributed by atoms with Gasteiger partial charge in [-0.3, -0.25) is 0 Å². The first kappa shape index (κ1) is 12.9. The molecular formula is C13H8ClF2NO3. The number of halogens is 3. The highest BCUT2D eigenvalue weighted by Gasteiger charge is 2.43. The number of nitrogens with zero attached hydrogens (tertiary/aromatic N) is 1. The maximum atomic E-state index is 12.9. The summed E-state index contributed by atoms with van der Waals surface area (Å²) in [5.74, 6) is 0.638. The molecule has 1 aliphatic rings. The second-order valence-corrected chi connectivity index (χ2v) is 4.28. The van der Waals surface area contributed by atoms with Crippen LogP contribution in [0, 0.1) is 0 Å². The Hall–Kier alpha value is -2.08. The maximum Gasteiger partial charge on any atom is 0.586 e. The maximum absolute atomic E-state index is 12.9. The van der Waals surface area contributed by atoms with E-state index < -0.39 is 6.29 Å². The first-order chi connectivity index (χ1) is 9.55. The highest BCUT2D eigenvalue weighted by atomic mass is 35.5. The quantitative estimate of drug-likeness (QED) is 0.806. The number of oxazole rings is 1. The fourth-order valence-corrected chi connectivity index (χ4v) is 1.82. The van der Waals surface area contributed by atoms with Gasteiger partial charge in [0.05, 0.1) is 11.6 Å². The molecule has 2 heterocycles. The van der Waals surface area contributed by atoms with Crippen LogP contribution in [0.5, 0.6) is 11.5 Å². The van der Waals surface area contributed by atoms with Gasteiger partial charge < -0.3 is 13.9 Å². The Kier molecular flexibility index (Phi) is 3.10. The zero-order valence-corrected chi connectivity index (χ0v) is 10.7. The Labute approximate surface area is 117 Å². The van der Waals surface area contributed by atoms with Crippen LogP contribution in [0.1, 0.15) is 17.1 Å². The molecule has 0 fully saturated rings. The van der Waals surface area contributed by atoms with Gasteiger partial charge in [0.25, 0.3) is 0 Å². The highest BCUT2D eigenvalue weighted by Crippen LogP contribution is 2.41. The molecule has 104 valence electrons. The van der Waals surface area contributed by atoms with E-state index >= 15 is 0 Å². The van der Waals surface area contributed by atoms with Gasteiger partial charge in [-0.1, -0.05) is 6.07 Å². The summed E-state index contributed by atoms with van der Waals surface area (Å²) in [6, 6.07) is 4.47. The van der Waals surface area contributed by atoms with Gasteiger partial charge in [-0.25, -0.2) is 4.98 Å². The van der Waals surface area contributed by atoms with Crippen LogP contribution in [-0.4, -0.2) is 11.3 Å². The number of hydrogen-bond donors (Lipinski definition) is 0. The van der Waals surface area contributed by atoms with E-state index in [4.69, 9.17) is 16.0 Å². The van der Waals surface area contributed by atoms with Crippen molar-refractivity contribution in [2.45, 2.75) is 12.2 Å².